The summed E-state index contributed by atoms with van der Waals surface area (Å²) in [6, 6.07) is 7.46. The first-order chi connectivity index (χ1) is 7.24. The van der Waals surface area contributed by atoms with Crippen molar-refractivity contribution in [1.29, 1.82) is 0 Å². The van der Waals surface area contributed by atoms with E-state index in [9.17, 15) is 0 Å². The normalized spacial score (nSPS) is 9.93. The van der Waals surface area contributed by atoms with Gasteiger partial charge in [-0.2, -0.15) is 0 Å². The van der Waals surface area contributed by atoms with E-state index in [-0.39, 0.29) is 0 Å². The van der Waals surface area contributed by atoms with Crippen LogP contribution in [0.2, 0.25) is 0 Å². The van der Waals surface area contributed by atoms with E-state index < -0.39 is 0 Å². The summed E-state index contributed by atoms with van der Waals surface area (Å²) < 4.78 is 0. The molecule has 0 saturated heterocycles. The summed E-state index contributed by atoms with van der Waals surface area (Å²) in [5, 5.41) is 3.13. The van der Waals surface area contributed by atoms with Gasteiger partial charge in [0, 0.05) is 6.20 Å². The SMILES string of the molecule is Cc1cncc(Nc2cccc(N)n2)c1. The van der Waals surface area contributed by atoms with Gasteiger partial charge in [-0.05, 0) is 30.7 Å². The third-order valence-corrected chi connectivity index (χ3v) is 1.92. The van der Waals surface area contributed by atoms with Crippen molar-refractivity contribution in [2.75, 3.05) is 11.1 Å². The van der Waals surface area contributed by atoms with Gasteiger partial charge in [-0.1, -0.05) is 6.07 Å². The summed E-state index contributed by atoms with van der Waals surface area (Å²) >= 11 is 0. The highest BCUT2D eigenvalue weighted by Gasteiger charge is 1.96. The highest BCUT2D eigenvalue weighted by Crippen LogP contribution is 2.14. The minimum atomic E-state index is 0.501. The van der Waals surface area contributed by atoms with E-state index in [4.69, 9.17) is 5.73 Å². The number of nitrogens with two attached hydrogens (primary N) is 1. The smallest absolute Gasteiger partial charge is 0.132 e. The van der Waals surface area contributed by atoms with Crippen molar-refractivity contribution >= 4 is 17.3 Å². The molecule has 0 aliphatic rings. The van der Waals surface area contributed by atoms with Gasteiger partial charge in [0.15, 0.2) is 0 Å². The molecule has 76 valence electrons. The average molecular weight is 200 g/mol. The van der Waals surface area contributed by atoms with Gasteiger partial charge in [0.1, 0.15) is 11.6 Å². The van der Waals surface area contributed by atoms with Crippen LogP contribution in [0.15, 0.2) is 36.7 Å². The van der Waals surface area contributed by atoms with E-state index in [0.717, 1.165) is 17.1 Å². The van der Waals surface area contributed by atoms with E-state index in [2.05, 4.69) is 15.3 Å². The molecule has 0 aliphatic heterocycles. The zero-order valence-corrected chi connectivity index (χ0v) is 8.44. The fourth-order valence-corrected chi connectivity index (χ4v) is 1.29. The molecule has 3 N–H and O–H groups in total. The molecular formula is C11H12N4. The lowest BCUT2D eigenvalue weighted by Gasteiger charge is -2.05. The van der Waals surface area contributed by atoms with Crippen molar-refractivity contribution in [3.8, 4) is 0 Å². The summed E-state index contributed by atoms with van der Waals surface area (Å²) in [6.07, 6.45) is 3.55. The van der Waals surface area contributed by atoms with Gasteiger partial charge in [-0.25, -0.2) is 4.98 Å². The molecule has 2 aromatic rings. The molecule has 2 aromatic heterocycles. The topological polar surface area (TPSA) is 63.8 Å². The minimum Gasteiger partial charge on any atom is -0.384 e. The number of pyridine rings is 2. The van der Waals surface area contributed by atoms with Crippen molar-refractivity contribution in [2.45, 2.75) is 6.92 Å². The van der Waals surface area contributed by atoms with Crippen LogP contribution in [0.3, 0.4) is 0 Å². The maximum Gasteiger partial charge on any atom is 0.132 e. The summed E-state index contributed by atoms with van der Waals surface area (Å²) in [6.45, 7) is 1.99. The minimum absolute atomic E-state index is 0.501. The van der Waals surface area contributed by atoms with Gasteiger partial charge in [0.05, 0.1) is 11.9 Å². The standard InChI is InChI=1S/C11H12N4/c1-8-5-9(7-13-6-8)14-11-4-2-3-10(12)15-11/h2-7H,1H3,(H3,12,14,15). The highest BCUT2D eigenvalue weighted by atomic mass is 15.0. The number of aromatic nitrogens is 2. The largest absolute Gasteiger partial charge is 0.384 e. The van der Waals surface area contributed by atoms with E-state index in [1.165, 1.54) is 0 Å². The van der Waals surface area contributed by atoms with Crippen LogP contribution in [0.1, 0.15) is 5.56 Å². The van der Waals surface area contributed by atoms with Crippen LogP contribution < -0.4 is 11.1 Å². The van der Waals surface area contributed by atoms with Gasteiger partial charge >= 0.3 is 0 Å². The van der Waals surface area contributed by atoms with E-state index in [1.54, 1.807) is 18.5 Å². The number of nitrogen functional groups attached to an aromatic ring is 1. The average Bonchev–Trinajstić information content (AvgIpc) is 2.17. The Bertz CT molecular complexity index is 424. The number of nitrogens with one attached hydrogen (secondary N) is 1. The third kappa shape index (κ3) is 2.43. The lowest BCUT2D eigenvalue weighted by Crippen LogP contribution is -1.97. The molecule has 0 atom stereocenters. The predicted molar refractivity (Wildman–Crippen MR) is 60.9 cm³/mol. The number of hydrogen-bond acceptors (Lipinski definition) is 4. The van der Waals surface area contributed by atoms with Crippen LogP contribution in [0.4, 0.5) is 17.3 Å². The molecule has 0 spiro atoms. The van der Waals surface area contributed by atoms with Crippen molar-refractivity contribution in [1.82, 2.24) is 9.97 Å². The Hall–Kier alpha value is -2.10. The second-order valence-electron chi connectivity index (χ2n) is 3.32. The van der Waals surface area contributed by atoms with Crippen LogP contribution in [-0.2, 0) is 0 Å². The first-order valence-electron chi connectivity index (χ1n) is 4.65. The summed E-state index contributed by atoms with van der Waals surface area (Å²) in [7, 11) is 0. The Morgan fingerprint density at radius 1 is 1.27 bits per heavy atom. The number of rotatable bonds is 2. The van der Waals surface area contributed by atoms with E-state index in [0.29, 0.717) is 5.82 Å². The molecule has 2 heterocycles. The van der Waals surface area contributed by atoms with Crippen LogP contribution in [-0.4, -0.2) is 9.97 Å². The van der Waals surface area contributed by atoms with Crippen LogP contribution >= 0.6 is 0 Å². The number of hydrogen-bond donors (Lipinski definition) is 2. The Labute approximate surface area is 88.2 Å². The first kappa shape index (κ1) is 9.45. The van der Waals surface area contributed by atoms with Gasteiger partial charge < -0.3 is 11.1 Å². The maximum absolute atomic E-state index is 5.58. The van der Waals surface area contributed by atoms with Gasteiger partial charge in [-0.3, -0.25) is 4.98 Å². The van der Waals surface area contributed by atoms with E-state index >= 15 is 0 Å². The maximum atomic E-state index is 5.58. The molecule has 15 heavy (non-hydrogen) atoms. The molecule has 0 fully saturated rings. The molecule has 4 nitrogen and oxygen atoms in total. The lowest BCUT2D eigenvalue weighted by atomic mass is 10.3. The van der Waals surface area contributed by atoms with Crippen molar-refractivity contribution in [2.24, 2.45) is 0 Å². The quantitative estimate of drug-likeness (QED) is 0.779. The molecule has 0 amide bonds. The monoisotopic (exact) mass is 200 g/mol. The fourth-order valence-electron chi connectivity index (χ4n) is 1.29. The molecular weight excluding hydrogens is 188 g/mol. The molecule has 0 saturated carbocycles. The molecule has 0 bridgehead atoms. The van der Waals surface area contributed by atoms with Gasteiger partial charge in [-0.15, -0.1) is 0 Å². The Morgan fingerprint density at radius 3 is 2.87 bits per heavy atom. The van der Waals surface area contributed by atoms with Crippen molar-refractivity contribution in [3.05, 3.63) is 42.2 Å². The first-order valence-corrected chi connectivity index (χ1v) is 4.65. The third-order valence-electron chi connectivity index (χ3n) is 1.92. The second kappa shape index (κ2) is 3.96. The van der Waals surface area contributed by atoms with Crippen molar-refractivity contribution in [3.63, 3.8) is 0 Å². The molecule has 0 aliphatic carbocycles. The molecule has 0 unspecified atom stereocenters. The van der Waals surface area contributed by atoms with Gasteiger partial charge in [0.25, 0.3) is 0 Å². The lowest BCUT2D eigenvalue weighted by molar-refractivity contribution is 1.25. The van der Waals surface area contributed by atoms with Crippen LogP contribution in [0.5, 0.6) is 0 Å². The summed E-state index contributed by atoms with van der Waals surface area (Å²) in [5.41, 5.74) is 7.59. The zero-order valence-electron chi connectivity index (χ0n) is 8.44. The predicted octanol–water partition coefficient (Wildman–Crippen LogP) is 2.11. The molecule has 4 heteroatoms. The van der Waals surface area contributed by atoms with Crippen molar-refractivity contribution < 1.29 is 0 Å². The summed E-state index contributed by atoms with van der Waals surface area (Å²) in [4.78, 5) is 8.22. The fraction of sp³-hybridized carbons (Fsp3) is 0.0909. The number of nitrogens with zero attached hydrogens (tertiary/aromatic N) is 2. The summed E-state index contributed by atoms with van der Waals surface area (Å²) in [5.74, 6) is 1.23. The number of anilines is 3. The Kier molecular flexibility index (Phi) is 2.49. The van der Waals surface area contributed by atoms with Crippen LogP contribution in [0, 0.1) is 6.92 Å². The van der Waals surface area contributed by atoms with E-state index in [1.807, 2.05) is 25.1 Å². The van der Waals surface area contributed by atoms with Crippen LogP contribution in [0.25, 0.3) is 0 Å². The van der Waals surface area contributed by atoms with Gasteiger partial charge in [0.2, 0.25) is 0 Å². The second-order valence-corrected chi connectivity index (χ2v) is 3.32. The Morgan fingerprint density at radius 2 is 2.13 bits per heavy atom. The zero-order chi connectivity index (χ0) is 10.7. The molecule has 0 radical (unpaired) electrons. The number of aryl methyl sites for hydroxylation is 1. The Balaban J connectivity index is 2.22. The molecule has 0 aromatic carbocycles. The highest BCUT2D eigenvalue weighted by molar-refractivity contribution is 5.56. The molecule has 2 rings (SSSR count).